The quantitative estimate of drug-likeness (QED) is 0.242. The third-order valence-corrected chi connectivity index (χ3v) is 7.91. The number of halogens is 1. The maximum absolute atomic E-state index is 14.2. The van der Waals surface area contributed by atoms with Crippen LogP contribution in [0.3, 0.4) is 0 Å². The van der Waals surface area contributed by atoms with Crippen LogP contribution in [-0.4, -0.2) is 54.4 Å². The number of non-ortho nitro benzene ring substituents is 1. The highest BCUT2D eigenvalue weighted by atomic mass is 35.5. The number of benzene rings is 3. The Labute approximate surface area is 251 Å². The molecule has 1 N–H and O–H groups in total. The number of nitrogens with zero attached hydrogens (tertiary/aromatic N) is 3. The normalized spacial score (nSPS) is 12.3. The van der Waals surface area contributed by atoms with Gasteiger partial charge in [0.25, 0.3) is 5.69 Å². The van der Waals surface area contributed by atoms with E-state index in [9.17, 15) is 28.1 Å². The van der Waals surface area contributed by atoms with Crippen LogP contribution in [0, 0.1) is 17.0 Å². The minimum absolute atomic E-state index is 0.00324. The summed E-state index contributed by atoms with van der Waals surface area (Å²) in [6.45, 7) is 6.28. The number of nitrogens with one attached hydrogen (secondary N) is 1. The minimum atomic E-state index is -4.09. The molecule has 42 heavy (non-hydrogen) atoms. The van der Waals surface area contributed by atoms with Crippen LogP contribution in [0.5, 0.6) is 0 Å². The molecule has 1 unspecified atom stereocenters. The number of hydrogen-bond donors (Lipinski definition) is 1. The number of amides is 2. The van der Waals surface area contributed by atoms with Gasteiger partial charge in [0.1, 0.15) is 12.6 Å². The molecule has 0 bridgehead atoms. The molecule has 1 atom stereocenters. The zero-order valence-corrected chi connectivity index (χ0v) is 25.8. The SMILES string of the molecule is Cc1ccc([N+](=O)[O-])cc1N(CC(=O)N(Cc1ccccc1Cl)C(Cc1ccccc1)C(=O)NC(C)(C)C)S(C)(=O)=O. The number of carbonyl (C=O) groups is 2. The smallest absolute Gasteiger partial charge is 0.271 e. The fraction of sp³-hybridized carbons (Fsp3) is 0.333. The van der Waals surface area contributed by atoms with Crippen molar-refractivity contribution in [1.29, 1.82) is 0 Å². The first-order chi connectivity index (χ1) is 19.6. The summed E-state index contributed by atoms with van der Waals surface area (Å²) in [6, 6.07) is 18.8. The zero-order chi connectivity index (χ0) is 31.2. The summed E-state index contributed by atoms with van der Waals surface area (Å²) in [4.78, 5) is 40.1. The highest BCUT2D eigenvalue weighted by molar-refractivity contribution is 7.92. The van der Waals surface area contributed by atoms with Crippen molar-refractivity contribution in [3.05, 3.63) is 105 Å². The van der Waals surface area contributed by atoms with Crippen molar-refractivity contribution in [3.8, 4) is 0 Å². The number of carbonyl (C=O) groups excluding carboxylic acids is 2. The monoisotopic (exact) mass is 614 g/mol. The third-order valence-electron chi connectivity index (χ3n) is 6.42. The lowest BCUT2D eigenvalue weighted by Crippen LogP contribution is -2.56. The summed E-state index contributed by atoms with van der Waals surface area (Å²) < 4.78 is 26.8. The van der Waals surface area contributed by atoms with Gasteiger partial charge in [-0.05, 0) is 50.5 Å². The van der Waals surface area contributed by atoms with Crippen molar-refractivity contribution in [2.24, 2.45) is 0 Å². The molecule has 0 aliphatic rings. The Kier molecular flexibility index (Phi) is 10.3. The number of hydrogen-bond acceptors (Lipinski definition) is 6. The van der Waals surface area contributed by atoms with Crippen molar-refractivity contribution < 1.29 is 22.9 Å². The molecule has 0 aromatic heterocycles. The average Bonchev–Trinajstić information content (AvgIpc) is 2.89. The van der Waals surface area contributed by atoms with E-state index in [1.54, 1.807) is 31.2 Å². The van der Waals surface area contributed by atoms with E-state index in [2.05, 4.69) is 5.32 Å². The molecule has 0 aliphatic carbocycles. The molecule has 12 heteroatoms. The van der Waals surface area contributed by atoms with E-state index in [1.807, 2.05) is 51.1 Å². The van der Waals surface area contributed by atoms with Crippen LogP contribution >= 0.6 is 11.6 Å². The number of nitro groups is 1. The summed E-state index contributed by atoms with van der Waals surface area (Å²) in [6.07, 6.45) is 1.07. The van der Waals surface area contributed by atoms with Crippen molar-refractivity contribution in [2.75, 3.05) is 17.1 Å². The molecule has 10 nitrogen and oxygen atoms in total. The molecular weight excluding hydrogens is 580 g/mol. The first kappa shape index (κ1) is 32.6. The first-order valence-corrected chi connectivity index (χ1v) is 15.4. The molecule has 0 saturated heterocycles. The molecule has 3 rings (SSSR count). The summed E-state index contributed by atoms with van der Waals surface area (Å²) in [5.74, 6) is -1.11. The van der Waals surface area contributed by atoms with Gasteiger partial charge >= 0.3 is 0 Å². The average molecular weight is 615 g/mol. The van der Waals surface area contributed by atoms with Gasteiger partial charge in [-0.3, -0.25) is 24.0 Å². The van der Waals surface area contributed by atoms with Gasteiger partial charge in [0, 0.05) is 35.7 Å². The highest BCUT2D eigenvalue weighted by Crippen LogP contribution is 2.28. The Bertz CT molecular complexity index is 1560. The maximum atomic E-state index is 14.2. The van der Waals surface area contributed by atoms with E-state index in [1.165, 1.54) is 17.0 Å². The summed E-state index contributed by atoms with van der Waals surface area (Å²) in [5.41, 5.74) is 0.823. The topological polar surface area (TPSA) is 130 Å². The van der Waals surface area contributed by atoms with Crippen LogP contribution in [0.2, 0.25) is 5.02 Å². The Morgan fingerprint density at radius 2 is 1.64 bits per heavy atom. The largest absolute Gasteiger partial charge is 0.350 e. The number of aryl methyl sites for hydroxylation is 1. The number of rotatable bonds is 11. The van der Waals surface area contributed by atoms with E-state index in [4.69, 9.17) is 11.6 Å². The summed E-state index contributed by atoms with van der Waals surface area (Å²) in [7, 11) is -4.09. The Hall–Kier alpha value is -3.96. The molecule has 2 amide bonds. The predicted octanol–water partition coefficient (Wildman–Crippen LogP) is 4.88. The number of sulfonamides is 1. The van der Waals surface area contributed by atoms with E-state index in [0.717, 1.165) is 22.2 Å². The van der Waals surface area contributed by atoms with Gasteiger partial charge in [-0.2, -0.15) is 0 Å². The second kappa shape index (κ2) is 13.3. The molecule has 3 aromatic carbocycles. The third kappa shape index (κ3) is 8.77. The fourth-order valence-electron chi connectivity index (χ4n) is 4.39. The van der Waals surface area contributed by atoms with Crippen molar-refractivity contribution >= 4 is 44.8 Å². The van der Waals surface area contributed by atoms with Gasteiger partial charge in [0.05, 0.1) is 16.9 Å². The lowest BCUT2D eigenvalue weighted by molar-refractivity contribution is -0.384. The van der Waals surface area contributed by atoms with Gasteiger partial charge < -0.3 is 10.2 Å². The van der Waals surface area contributed by atoms with Crippen molar-refractivity contribution in [3.63, 3.8) is 0 Å². The van der Waals surface area contributed by atoms with Crippen LogP contribution in [0.4, 0.5) is 11.4 Å². The highest BCUT2D eigenvalue weighted by Gasteiger charge is 2.35. The molecule has 0 heterocycles. The molecule has 224 valence electrons. The minimum Gasteiger partial charge on any atom is -0.350 e. The van der Waals surface area contributed by atoms with Gasteiger partial charge in [0.15, 0.2) is 0 Å². The van der Waals surface area contributed by atoms with Crippen LogP contribution in [0.25, 0.3) is 0 Å². The molecule has 0 aliphatic heterocycles. The van der Waals surface area contributed by atoms with E-state index in [0.29, 0.717) is 16.1 Å². The first-order valence-electron chi connectivity index (χ1n) is 13.2. The number of nitro benzene ring substituents is 1. The maximum Gasteiger partial charge on any atom is 0.271 e. The van der Waals surface area contributed by atoms with Crippen LogP contribution < -0.4 is 9.62 Å². The lowest BCUT2D eigenvalue weighted by atomic mass is 10.0. The standard InChI is InChI=1S/C30H35ClN4O6S/c1-21-15-16-24(35(38)39)18-26(21)34(42(5,40)41)20-28(36)33(19-23-13-9-10-14-25(23)31)27(29(37)32-30(2,3)4)17-22-11-7-6-8-12-22/h6-16,18,27H,17,19-20H2,1-5H3,(H,32,37). The van der Waals surface area contributed by atoms with E-state index in [-0.39, 0.29) is 24.3 Å². The van der Waals surface area contributed by atoms with E-state index >= 15 is 0 Å². The van der Waals surface area contributed by atoms with Gasteiger partial charge in [-0.1, -0.05) is 66.2 Å². The Morgan fingerprint density at radius 3 is 2.21 bits per heavy atom. The van der Waals surface area contributed by atoms with Gasteiger partial charge in [0.2, 0.25) is 21.8 Å². The Balaban J connectivity index is 2.14. The van der Waals surface area contributed by atoms with Gasteiger partial charge in [-0.15, -0.1) is 0 Å². The molecule has 3 aromatic rings. The molecular formula is C30H35ClN4O6S. The summed E-state index contributed by atoms with van der Waals surface area (Å²) in [5, 5.41) is 14.8. The Morgan fingerprint density at radius 1 is 1.02 bits per heavy atom. The van der Waals surface area contributed by atoms with Crippen molar-refractivity contribution in [2.45, 2.75) is 52.2 Å². The van der Waals surface area contributed by atoms with Crippen molar-refractivity contribution in [1.82, 2.24) is 10.2 Å². The molecule has 0 radical (unpaired) electrons. The second-order valence-electron chi connectivity index (χ2n) is 11.1. The fourth-order valence-corrected chi connectivity index (χ4v) is 5.49. The lowest BCUT2D eigenvalue weighted by Gasteiger charge is -2.35. The van der Waals surface area contributed by atoms with Crippen LogP contribution in [0.1, 0.15) is 37.5 Å². The molecule has 0 spiro atoms. The molecule has 0 fully saturated rings. The van der Waals surface area contributed by atoms with Gasteiger partial charge in [-0.25, -0.2) is 8.42 Å². The second-order valence-corrected chi connectivity index (χ2v) is 13.4. The zero-order valence-electron chi connectivity index (χ0n) is 24.2. The van der Waals surface area contributed by atoms with Crippen LogP contribution in [-0.2, 0) is 32.6 Å². The van der Waals surface area contributed by atoms with Crippen LogP contribution in [0.15, 0.2) is 72.8 Å². The molecule has 0 saturated carbocycles. The number of anilines is 1. The predicted molar refractivity (Wildman–Crippen MR) is 164 cm³/mol. The summed E-state index contributed by atoms with van der Waals surface area (Å²) >= 11 is 6.46. The van der Waals surface area contributed by atoms with E-state index < -0.39 is 44.9 Å².